The van der Waals surface area contributed by atoms with Gasteiger partial charge >= 0.3 is 0 Å². The van der Waals surface area contributed by atoms with Crippen LogP contribution in [0.4, 0.5) is 5.69 Å². The zero-order chi connectivity index (χ0) is 18.0. The zero-order valence-electron chi connectivity index (χ0n) is 15.3. The van der Waals surface area contributed by atoms with Gasteiger partial charge in [0.05, 0.1) is 6.61 Å². The summed E-state index contributed by atoms with van der Waals surface area (Å²) in [5.41, 5.74) is 1.88. The molecule has 0 saturated carbocycles. The summed E-state index contributed by atoms with van der Waals surface area (Å²) in [5.74, 6) is 0.152. The topological polar surface area (TPSA) is 38.3 Å². The summed E-state index contributed by atoms with van der Waals surface area (Å²) >= 11 is 3.52. The first kappa shape index (κ1) is 19.4. The number of hydrogen-bond acceptors (Lipinski definition) is 2. The third-order valence-electron chi connectivity index (χ3n) is 5.10. The van der Waals surface area contributed by atoms with E-state index in [1.807, 2.05) is 18.2 Å². The first-order chi connectivity index (χ1) is 11.1. The fourth-order valence-corrected chi connectivity index (χ4v) is 3.70. The van der Waals surface area contributed by atoms with Gasteiger partial charge in [-0.1, -0.05) is 48.9 Å². The van der Waals surface area contributed by atoms with E-state index in [1.54, 1.807) is 0 Å². The van der Waals surface area contributed by atoms with Gasteiger partial charge in [0.1, 0.15) is 0 Å². The largest absolute Gasteiger partial charge is 0.412 e. The van der Waals surface area contributed by atoms with Gasteiger partial charge in [-0.05, 0) is 49.2 Å². The Hall–Kier alpha value is -0.913. The van der Waals surface area contributed by atoms with E-state index < -0.39 is 8.32 Å². The number of carbonyl (C=O) groups excluding carboxylic acids is 1. The average molecular weight is 410 g/mol. The number of allylic oxidation sites excluding steroid dienone is 2. The molecular formula is C19H28BrNO2Si. The smallest absolute Gasteiger partial charge is 0.228 e. The van der Waals surface area contributed by atoms with Crippen LogP contribution in [-0.2, 0) is 15.8 Å². The summed E-state index contributed by atoms with van der Waals surface area (Å²) in [6.45, 7) is 11.7. The molecule has 0 aliphatic heterocycles. The number of nitrogens with one attached hydrogen (secondary N) is 1. The van der Waals surface area contributed by atoms with Crippen LogP contribution >= 0.6 is 15.9 Å². The third-order valence-corrected chi connectivity index (χ3v) is 10.1. The van der Waals surface area contributed by atoms with Crippen LogP contribution in [0.3, 0.4) is 0 Å². The van der Waals surface area contributed by atoms with Crippen LogP contribution in [0, 0.1) is 5.92 Å². The summed E-state index contributed by atoms with van der Waals surface area (Å²) in [6.07, 6.45) is 5.82. The van der Waals surface area contributed by atoms with Gasteiger partial charge in [0.15, 0.2) is 8.32 Å². The number of carbonyl (C=O) groups is 1. The quantitative estimate of drug-likeness (QED) is 0.487. The first-order valence-electron chi connectivity index (χ1n) is 8.48. The van der Waals surface area contributed by atoms with Crippen LogP contribution in [0.1, 0.15) is 39.2 Å². The van der Waals surface area contributed by atoms with Crippen molar-refractivity contribution in [3.05, 3.63) is 40.4 Å². The predicted molar refractivity (Wildman–Crippen MR) is 107 cm³/mol. The second-order valence-corrected chi connectivity index (χ2v) is 13.7. The standard InChI is InChI=1S/C19H28BrNO2Si/c1-19(2,3)24(4,5)23-13-15-12-16(20)10-11-17(15)21-18(22)14-8-6-7-9-14/h6-7,10-12,14H,8-9,13H2,1-5H3,(H,21,22). The summed E-state index contributed by atoms with van der Waals surface area (Å²) in [5, 5.41) is 3.25. The maximum Gasteiger partial charge on any atom is 0.228 e. The monoisotopic (exact) mass is 409 g/mol. The molecule has 1 aliphatic carbocycles. The van der Waals surface area contributed by atoms with Gasteiger partial charge in [-0.2, -0.15) is 0 Å². The fourth-order valence-electron chi connectivity index (χ4n) is 2.34. The minimum atomic E-state index is -1.83. The predicted octanol–water partition coefficient (Wildman–Crippen LogP) is 5.88. The highest BCUT2D eigenvalue weighted by atomic mass is 79.9. The lowest BCUT2D eigenvalue weighted by Crippen LogP contribution is -2.40. The fraction of sp³-hybridized carbons (Fsp3) is 0.526. The minimum Gasteiger partial charge on any atom is -0.412 e. The van der Waals surface area contributed by atoms with Gasteiger partial charge < -0.3 is 9.74 Å². The van der Waals surface area contributed by atoms with Gasteiger partial charge in [0.25, 0.3) is 0 Å². The molecule has 1 N–H and O–H groups in total. The Labute approximate surface area is 155 Å². The number of rotatable bonds is 5. The molecule has 0 spiro atoms. The molecule has 0 saturated heterocycles. The molecule has 0 radical (unpaired) electrons. The minimum absolute atomic E-state index is 0.0582. The van der Waals surface area contributed by atoms with Crippen molar-refractivity contribution in [3.8, 4) is 0 Å². The summed E-state index contributed by atoms with van der Waals surface area (Å²) in [7, 11) is -1.83. The molecule has 0 aromatic heterocycles. The zero-order valence-corrected chi connectivity index (χ0v) is 17.9. The highest BCUT2D eigenvalue weighted by molar-refractivity contribution is 9.10. The highest BCUT2D eigenvalue weighted by Crippen LogP contribution is 2.37. The van der Waals surface area contributed by atoms with Crippen LogP contribution in [0.15, 0.2) is 34.8 Å². The molecule has 0 heterocycles. The van der Waals surface area contributed by atoms with E-state index in [1.165, 1.54) is 0 Å². The molecule has 0 atom stereocenters. The molecular weight excluding hydrogens is 382 g/mol. The summed E-state index contributed by atoms with van der Waals surface area (Å²) < 4.78 is 7.33. The molecule has 1 aromatic carbocycles. The van der Waals surface area contributed by atoms with Crippen molar-refractivity contribution in [2.75, 3.05) is 5.32 Å². The van der Waals surface area contributed by atoms with Gasteiger partial charge in [-0.3, -0.25) is 4.79 Å². The molecule has 24 heavy (non-hydrogen) atoms. The normalized spacial score (nSPS) is 15.8. The Morgan fingerprint density at radius 2 is 1.92 bits per heavy atom. The molecule has 132 valence electrons. The molecule has 0 fully saturated rings. The Morgan fingerprint density at radius 1 is 1.29 bits per heavy atom. The maximum absolute atomic E-state index is 12.4. The maximum atomic E-state index is 12.4. The van der Waals surface area contributed by atoms with Gasteiger partial charge in [0, 0.05) is 21.6 Å². The second-order valence-electron chi connectivity index (χ2n) is 7.98. The van der Waals surface area contributed by atoms with E-state index in [2.05, 4.69) is 67.3 Å². The third kappa shape index (κ3) is 4.80. The van der Waals surface area contributed by atoms with Crippen molar-refractivity contribution < 1.29 is 9.22 Å². The highest BCUT2D eigenvalue weighted by Gasteiger charge is 2.37. The Morgan fingerprint density at radius 3 is 2.50 bits per heavy atom. The van der Waals surface area contributed by atoms with Crippen LogP contribution in [0.5, 0.6) is 0 Å². The van der Waals surface area contributed by atoms with Crippen LogP contribution in [0.25, 0.3) is 0 Å². The van der Waals surface area contributed by atoms with E-state index in [0.717, 1.165) is 28.6 Å². The summed E-state index contributed by atoms with van der Waals surface area (Å²) in [4.78, 5) is 12.4. The second kappa shape index (κ2) is 7.54. The molecule has 2 rings (SSSR count). The molecule has 0 bridgehead atoms. The lowest BCUT2D eigenvalue weighted by atomic mass is 10.1. The summed E-state index contributed by atoms with van der Waals surface area (Å²) in [6, 6.07) is 5.95. The van der Waals surface area contributed by atoms with Crippen molar-refractivity contribution in [2.45, 2.75) is 58.4 Å². The Balaban J connectivity index is 2.11. The number of benzene rings is 1. The van der Waals surface area contributed by atoms with E-state index >= 15 is 0 Å². The van der Waals surface area contributed by atoms with E-state index in [9.17, 15) is 4.79 Å². The van der Waals surface area contributed by atoms with E-state index in [0.29, 0.717) is 6.61 Å². The van der Waals surface area contributed by atoms with Crippen molar-refractivity contribution >= 4 is 35.8 Å². The lowest BCUT2D eigenvalue weighted by molar-refractivity contribution is -0.119. The molecule has 0 unspecified atom stereocenters. The molecule has 5 heteroatoms. The lowest BCUT2D eigenvalue weighted by Gasteiger charge is -2.36. The van der Waals surface area contributed by atoms with Crippen molar-refractivity contribution in [2.24, 2.45) is 5.92 Å². The van der Waals surface area contributed by atoms with Crippen LogP contribution in [-0.4, -0.2) is 14.2 Å². The molecule has 3 nitrogen and oxygen atoms in total. The van der Waals surface area contributed by atoms with E-state index in [-0.39, 0.29) is 16.9 Å². The average Bonchev–Trinajstić information content (AvgIpc) is 3.00. The van der Waals surface area contributed by atoms with Gasteiger partial charge in [-0.15, -0.1) is 0 Å². The van der Waals surface area contributed by atoms with E-state index in [4.69, 9.17) is 4.43 Å². The SMILES string of the molecule is CC(C)(C)[Si](C)(C)OCc1cc(Br)ccc1NC(=O)C1CC=CC1. The van der Waals surface area contributed by atoms with Crippen molar-refractivity contribution in [1.29, 1.82) is 0 Å². The van der Waals surface area contributed by atoms with Crippen molar-refractivity contribution in [1.82, 2.24) is 0 Å². The van der Waals surface area contributed by atoms with Crippen LogP contribution in [0.2, 0.25) is 18.1 Å². The number of halogens is 1. The molecule has 1 aliphatic rings. The van der Waals surface area contributed by atoms with Crippen LogP contribution < -0.4 is 5.32 Å². The Kier molecular flexibility index (Phi) is 6.10. The molecule has 1 amide bonds. The number of amides is 1. The number of anilines is 1. The number of hydrogen-bond donors (Lipinski definition) is 1. The van der Waals surface area contributed by atoms with Gasteiger partial charge in [-0.25, -0.2) is 0 Å². The molecule has 1 aromatic rings. The van der Waals surface area contributed by atoms with Crippen molar-refractivity contribution in [3.63, 3.8) is 0 Å². The van der Waals surface area contributed by atoms with Gasteiger partial charge in [0.2, 0.25) is 5.91 Å². The Bertz CT molecular complexity index is 627. The first-order valence-corrected chi connectivity index (χ1v) is 12.2.